The molecule has 0 radical (unpaired) electrons. The fourth-order valence-electron chi connectivity index (χ4n) is 0.535. The minimum atomic E-state index is 0.867. The van der Waals surface area contributed by atoms with Gasteiger partial charge in [-0.25, -0.2) is 0 Å². The second-order valence-electron chi connectivity index (χ2n) is 2.32. The van der Waals surface area contributed by atoms with Gasteiger partial charge in [0, 0.05) is 0 Å². The largest absolute Gasteiger partial charge is 0.0917 e. The van der Waals surface area contributed by atoms with E-state index < -0.39 is 0 Å². The van der Waals surface area contributed by atoms with Crippen LogP contribution in [0.4, 0.5) is 0 Å². The van der Waals surface area contributed by atoms with E-state index in [4.69, 9.17) is 0 Å². The minimum Gasteiger partial charge on any atom is -0.0917 e. The lowest BCUT2D eigenvalue weighted by Crippen LogP contribution is -1.86. The van der Waals surface area contributed by atoms with Crippen LogP contribution >= 0.6 is 0 Å². The van der Waals surface area contributed by atoms with E-state index in [1.165, 1.54) is 12.8 Å². The molecular weight excluding hydrogens is 120 g/mol. The number of allylic oxidation sites excluding steroid dienone is 2. The molecular formula is C10H22. The van der Waals surface area contributed by atoms with E-state index in [9.17, 15) is 0 Å². The predicted octanol–water partition coefficient (Wildman–Crippen LogP) is 4.02. The second kappa shape index (κ2) is 11.5. The SMILES string of the molecule is C/C=C\CC(C)CC.CC. The normalized spacial score (nSPS) is 12.5. The summed E-state index contributed by atoms with van der Waals surface area (Å²) in [5.74, 6) is 0.867. The Hall–Kier alpha value is -0.260. The molecule has 1 atom stereocenters. The van der Waals surface area contributed by atoms with Crippen LogP contribution in [0.3, 0.4) is 0 Å². The van der Waals surface area contributed by atoms with E-state index in [-0.39, 0.29) is 0 Å². The summed E-state index contributed by atoms with van der Waals surface area (Å²) in [5.41, 5.74) is 0. The summed E-state index contributed by atoms with van der Waals surface area (Å²) < 4.78 is 0. The predicted molar refractivity (Wildman–Crippen MR) is 50.2 cm³/mol. The molecule has 0 aliphatic carbocycles. The van der Waals surface area contributed by atoms with Crippen LogP contribution in [0.1, 0.15) is 47.5 Å². The second-order valence-corrected chi connectivity index (χ2v) is 2.32. The van der Waals surface area contributed by atoms with Gasteiger partial charge in [0.05, 0.1) is 0 Å². The molecule has 0 aromatic heterocycles. The van der Waals surface area contributed by atoms with Crippen LogP contribution in [-0.4, -0.2) is 0 Å². The molecule has 0 aromatic carbocycles. The van der Waals surface area contributed by atoms with E-state index in [1.807, 2.05) is 13.8 Å². The summed E-state index contributed by atoms with van der Waals surface area (Å²) in [4.78, 5) is 0. The highest BCUT2D eigenvalue weighted by molar-refractivity contribution is 4.78. The minimum absolute atomic E-state index is 0.867. The highest BCUT2D eigenvalue weighted by atomic mass is 14.0. The quantitative estimate of drug-likeness (QED) is 0.522. The van der Waals surface area contributed by atoms with Crippen molar-refractivity contribution < 1.29 is 0 Å². The van der Waals surface area contributed by atoms with Gasteiger partial charge in [0.25, 0.3) is 0 Å². The molecule has 0 bridgehead atoms. The topological polar surface area (TPSA) is 0 Å². The third-order valence-electron chi connectivity index (χ3n) is 1.47. The van der Waals surface area contributed by atoms with Crippen LogP contribution in [-0.2, 0) is 0 Å². The monoisotopic (exact) mass is 142 g/mol. The summed E-state index contributed by atoms with van der Waals surface area (Å²) in [7, 11) is 0. The Morgan fingerprint density at radius 2 is 1.80 bits per heavy atom. The maximum atomic E-state index is 2.28. The molecule has 0 fully saturated rings. The number of hydrogen-bond donors (Lipinski definition) is 0. The molecule has 0 aliphatic rings. The molecule has 0 amide bonds. The van der Waals surface area contributed by atoms with Gasteiger partial charge in [0.2, 0.25) is 0 Å². The average molecular weight is 142 g/mol. The van der Waals surface area contributed by atoms with E-state index >= 15 is 0 Å². The average Bonchev–Trinajstić information content (AvgIpc) is 2.04. The molecule has 1 unspecified atom stereocenters. The Bertz CT molecular complexity index is 62.4. The van der Waals surface area contributed by atoms with Gasteiger partial charge in [0.1, 0.15) is 0 Å². The van der Waals surface area contributed by atoms with Crippen molar-refractivity contribution >= 4 is 0 Å². The van der Waals surface area contributed by atoms with Crippen LogP contribution in [0, 0.1) is 5.92 Å². The van der Waals surface area contributed by atoms with Gasteiger partial charge in [0.15, 0.2) is 0 Å². The van der Waals surface area contributed by atoms with Crippen molar-refractivity contribution in [2.75, 3.05) is 0 Å². The Balaban J connectivity index is 0. The zero-order chi connectivity index (χ0) is 8.41. The van der Waals surface area contributed by atoms with Crippen LogP contribution in [0.5, 0.6) is 0 Å². The first kappa shape index (κ1) is 12.4. The van der Waals surface area contributed by atoms with Crippen LogP contribution in [0.2, 0.25) is 0 Å². The Morgan fingerprint density at radius 3 is 2.10 bits per heavy atom. The number of rotatable bonds is 3. The Labute approximate surface area is 66.3 Å². The molecule has 0 heteroatoms. The van der Waals surface area contributed by atoms with Crippen LogP contribution in [0.15, 0.2) is 12.2 Å². The van der Waals surface area contributed by atoms with Crippen molar-refractivity contribution in [2.45, 2.75) is 47.5 Å². The van der Waals surface area contributed by atoms with Gasteiger partial charge in [-0.15, -0.1) is 0 Å². The zero-order valence-corrected chi connectivity index (χ0v) is 8.15. The first-order valence-corrected chi connectivity index (χ1v) is 4.42. The molecule has 0 spiro atoms. The standard InChI is InChI=1S/C8H16.C2H6/c1-4-6-7-8(3)5-2;1-2/h4,6,8H,5,7H2,1-3H3;1-2H3/b6-4-;. The van der Waals surface area contributed by atoms with Crippen LogP contribution < -0.4 is 0 Å². The van der Waals surface area contributed by atoms with Crippen LogP contribution in [0.25, 0.3) is 0 Å². The van der Waals surface area contributed by atoms with Gasteiger partial charge in [-0.1, -0.05) is 46.3 Å². The van der Waals surface area contributed by atoms with Gasteiger partial charge in [-0.05, 0) is 19.3 Å². The fraction of sp³-hybridized carbons (Fsp3) is 0.800. The van der Waals surface area contributed by atoms with Gasteiger partial charge in [-0.2, -0.15) is 0 Å². The van der Waals surface area contributed by atoms with Crippen molar-refractivity contribution in [2.24, 2.45) is 5.92 Å². The molecule has 62 valence electrons. The van der Waals surface area contributed by atoms with Gasteiger partial charge >= 0.3 is 0 Å². The van der Waals surface area contributed by atoms with Crippen molar-refractivity contribution in [1.82, 2.24) is 0 Å². The summed E-state index contributed by atoms with van der Waals surface area (Å²) in [5, 5.41) is 0. The zero-order valence-electron chi connectivity index (χ0n) is 8.15. The molecule has 0 saturated heterocycles. The van der Waals surface area contributed by atoms with Gasteiger partial charge < -0.3 is 0 Å². The molecule has 0 aromatic rings. The summed E-state index contributed by atoms with van der Waals surface area (Å²) in [6, 6.07) is 0. The molecule has 0 N–H and O–H groups in total. The van der Waals surface area contributed by atoms with Crippen molar-refractivity contribution in [1.29, 1.82) is 0 Å². The Morgan fingerprint density at radius 1 is 1.30 bits per heavy atom. The lowest BCUT2D eigenvalue weighted by molar-refractivity contribution is 0.572. The fourth-order valence-corrected chi connectivity index (χ4v) is 0.535. The van der Waals surface area contributed by atoms with E-state index in [0.717, 1.165) is 5.92 Å². The summed E-state index contributed by atoms with van der Waals surface area (Å²) in [6.07, 6.45) is 6.89. The highest BCUT2D eigenvalue weighted by Gasteiger charge is 1.91. The van der Waals surface area contributed by atoms with Crippen molar-refractivity contribution in [3.05, 3.63) is 12.2 Å². The summed E-state index contributed by atoms with van der Waals surface area (Å²) >= 11 is 0. The number of hydrogen-bond acceptors (Lipinski definition) is 0. The lowest BCUT2D eigenvalue weighted by Gasteiger charge is -2.00. The maximum Gasteiger partial charge on any atom is -0.0325 e. The molecule has 0 aliphatic heterocycles. The first-order chi connectivity index (χ1) is 4.81. The smallest absolute Gasteiger partial charge is 0.0325 e. The molecule has 0 saturated carbocycles. The van der Waals surface area contributed by atoms with Crippen molar-refractivity contribution in [3.8, 4) is 0 Å². The summed E-state index contributed by atoms with van der Waals surface area (Å²) in [6.45, 7) is 10.6. The third-order valence-corrected chi connectivity index (χ3v) is 1.47. The maximum absolute atomic E-state index is 2.28. The van der Waals surface area contributed by atoms with Crippen molar-refractivity contribution in [3.63, 3.8) is 0 Å². The molecule has 10 heavy (non-hydrogen) atoms. The molecule has 0 nitrogen and oxygen atoms in total. The highest BCUT2D eigenvalue weighted by Crippen LogP contribution is 2.05. The van der Waals surface area contributed by atoms with E-state index in [0.29, 0.717) is 0 Å². The molecule has 0 rings (SSSR count). The Kier molecular flexibility index (Phi) is 14.3. The van der Waals surface area contributed by atoms with E-state index in [1.54, 1.807) is 0 Å². The lowest BCUT2D eigenvalue weighted by atomic mass is 10.1. The third kappa shape index (κ3) is 10.7. The first-order valence-electron chi connectivity index (χ1n) is 4.42. The van der Waals surface area contributed by atoms with Gasteiger partial charge in [-0.3, -0.25) is 0 Å². The molecule has 0 heterocycles. The van der Waals surface area contributed by atoms with E-state index in [2.05, 4.69) is 32.9 Å².